The SMILES string of the molecule is C[C@@H]1CN(Cc2ccc(C(=O)Nc3nc4ccccc4[nH]3)cc2)C[C@@H](C)O1. The van der Waals surface area contributed by atoms with Crippen molar-refractivity contribution in [2.75, 3.05) is 18.4 Å². The average Bonchev–Trinajstić information content (AvgIpc) is 3.03. The smallest absolute Gasteiger partial charge is 0.257 e. The van der Waals surface area contributed by atoms with Crippen LogP contribution in [-0.4, -0.2) is 46.1 Å². The summed E-state index contributed by atoms with van der Waals surface area (Å²) >= 11 is 0. The lowest BCUT2D eigenvalue weighted by atomic mass is 10.1. The Kier molecular flexibility index (Phi) is 4.92. The highest BCUT2D eigenvalue weighted by atomic mass is 16.5. The van der Waals surface area contributed by atoms with Crippen molar-refractivity contribution in [1.29, 1.82) is 0 Å². The van der Waals surface area contributed by atoms with Gasteiger partial charge in [-0.25, -0.2) is 4.98 Å². The van der Waals surface area contributed by atoms with Gasteiger partial charge in [-0.05, 0) is 43.7 Å². The van der Waals surface area contributed by atoms with Crippen LogP contribution in [0.25, 0.3) is 11.0 Å². The molecule has 1 saturated heterocycles. The highest BCUT2D eigenvalue weighted by Gasteiger charge is 2.22. The molecule has 0 radical (unpaired) electrons. The van der Waals surface area contributed by atoms with Crippen molar-refractivity contribution >= 4 is 22.9 Å². The van der Waals surface area contributed by atoms with Crippen molar-refractivity contribution < 1.29 is 9.53 Å². The number of carbonyl (C=O) groups excluding carboxylic acids is 1. The fourth-order valence-electron chi connectivity index (χ4n) is 3.62. The number of ether oxygens (including phenoxy) is 1. The third kappa shape index (κ3) is 4.18. The van der Waals surface area contributed by atoms with Crippen molar-refractivity contribution in [3.8, 4) is 0 Å². The molecule has 1 aliphatic rings. The van der Waals surface area contributed by atoms with Crippen molar-refractivity contribution in [2.24, 2.45) is 0 Å². The molecular weight excluding hydrogens is 340 g/mol. The van der Waals surface area contributed by atoms with E-state index in [2.05, 4.69) is 34.0 Å². The highest BCUT2D eigenvalue weighted by Crippen LogP contribution is 2.16. The Morgan fingerprint density at radius 1 is 1.15 bits per heavy atom. The van der Waals surface area contributed by atoms with Gasteiger partial charge >= 0.3 is 0 Å². The number of nitrogens with one attached hydrogen (secondary N) is 2. The van der Waals surface area contributed by atoms with E-state index in [1.54, 1.807) is 0 Å². The number of rotatable bonds is 4. The number of anilines is 1. The molecule has 2 heterocycles. The summed E-state index contributed by atoms with van der Waals surface area (Å²) in [6.45, 7) is 6.93. The summed E-state index contributed by atoms with van der Waals surface area (Å²) in [5.74, 6) is 0.288. The standard InChI is InChI=1S/C21H24N4O2/c1-14-11-25(12-15(2)27-14)13-16-7-9-17(10-8-16)20(26)24-21-22-18-5-3-4-6-19(18)23-21/h3-10,14-15H,11-13H2,1-2H3,(H2,22,23,24,26)/t14-,15-/m1/s1. The molecule has 0 aliphatic carbocycles. The van der Waals surface area contributed by atoms with Gasteiger partial charge in [0.15, 0.2) is 0 Å². The van der Waals surface area contributed by atoms with Crippen LogP contribution < -0.4 is 5.32 Å². The first-order valence-corrected chi connectivity index (χ1v) is 9.29. The molecule has 1 fully saturated rings. The highest BCUT2D eigenvalue weighted by molar-refractivity contribution is 6.03. The molecule has 0 spiro atoms. The molecule has 1 aromatic heterocycles. The van der Waals surface area contributed by atoms with Gasteiger partial charge in [0.25, 0.3) is 5.91 Å². The monoisotopic (exact) mass is 364 g/mol. The minimum atomic E-state index is -0.172. The number of carbonyl (C=O) groups is 1. The summed E-state index contributed by atoms with van der Waals surface area (Å²) in [6.07, 6.45) is 0.505. The van der Waals surface area contributed by atoms with E-state index in [1.807, 2.05) is 48.5 Å². The number of hydrogen-bond acceptors (Lipinski definition) is 4. The molecular formula is C21H24N4O2. The summed E-state index contributed by atoms with van der Waals surface area (Å²) in [5.41, 5.74) is 3.54. The van der Waals surface area contributed by atoms with Crippen molar-refractivity contribution in [3.63, 3.8) is 0 Å². The molecule has 0 unspecified atom stereocenters. The topological polar surface area (TPSA) is 70.2 Å². The number of aromatic nitrogens is 2. The zero-order valence-electron chi connectivity index (χ0n) is 15.6. The molecule has 0 saturated carbocycles. The zero-order chi connectivity index (χ0) is 18.8. The van der Waals surface area contributed by atoms with Gasteiger partial charge in [0, 0.05) is 25.2 Å². The van der Waals surface area contributed by atoms with Crippen LogP contribution >= 0.6 is 0 Å². The largest absolute Gasteiger partial charge is 0.373 e. The second-order valence-corrected chi connectivity index (χ2v) is 7.21. The van der Waals surface area contributed by atoms with Crippen LogP contribution in [0, 0.1) is 0 Å². The van der Waals surface area contributed by atoms with Gasteiger partial charge in [-0.15, -0.1) is 0 Å². The number of nitrogens with zero attached hydrogens (tertiary/aromatic N) is 2. The molecule has 6 nitrogen and oxygen atoms in total. The summed E-state index contributed by atoms with van der Waals surface area (Å²) in [5, 5.41) is 2.83. The number of morpholine rings is 1. The molecule has 1 aliphatic heterocycles. The number of imidazole rings is 1. The van der Waals surface area contributed by atoms with E-state index >= 15 is 0 Å². The predicted octanol–water partition coefficient (Wildman–Crippen LogP) is 3.42. The average molecular weight is 364 g/mol. The predicted molar refractivity (Wildman–Crippen MR) is 106 cm³/mol. The second-order valence-electron chi connectivity index (χ2n) is 7.21. The summed E-state index contributed by atoms with van der Waals surface area (Å²) < 4.78 is 5.78. The second kappa shape index (κ2) is 7.50. The minimum Gasteiger partial charge on any atom is -0.373 e. The van der Waals surface area contributed by atoms with Crippen molar-refractivity contribution in [2.45, 2.75) is 32.6 Å². The normalized spacial score (nSPS) is 20.7. The van der Waals surface area contributed by atoms with Crippen LogP contribution in [0.3, 0.4) is 0 Å². The number of hydrogen-bond donors (Lipinski definition) is 2. The van der Waals surface area contributed by atoms with Crippen LogP contribution in [0.2, 0.25) is 0 Å². The first-order valence-electron chi connectivity index (χ1n) is 9.29. The molecule has 3 aromatic rings. The van der Waals surface area contributed by atoms with E-state index in [9.17, 15) is 4.79 Å². The van der Waals surface area contributed by atoms with Crippen molar-refractivity contribution in [1.82, 2.24) is 14.9 Å². The third-order valence-corrected chi connectivity index (χ3v) is 4.74. The fourth-order valence-corrected chi connectivity index (χ4v) is 3.62. The molecule has 140 valence electrons. The first-order chi connectivity index (χ1) is 13.1. The Morgan fingerprint density at radius 2 is 1.85 bits per heavy atom. The maximum atomic E-state index is 12.5. The molecule has 2 N–H and O–H groups in total. The Hall–Kier alpha value is -2.70. The Morgan fingerprint density at radius 3 is 2.56 bits per heavy atom. The zero-order valence-corrected chi connectivity index (χ0v) is 15.6. The van der Waals surface area contributed by atoms with E-state index in [4.69, 9.17) is 4.74 Å². The number of aromatic amines is 1. The third-order valence-electron chi connectivity index (χ3n) is 4.74. The number of H-pyrrole nitrogens is 1. The molecule has 2 aromatic carbocycles. The minimum absolute atomic E-state index is 0.172. The Labute approximate surface area is 158 Å². The van der Waals surface area contributed by atoms with Gasteiger partial charge in [0.05, 0.1) is 23.2 Å². The number of para-hydroxylation sites is 2. The number of fused-ring (bicyclic) bond motifs is 1. The molecule has 6 heteroatoms. The fraction of sp³-hybridized carbons (Fsp3) is 0.333. The Bertz CT molecular complexity index is 892. The lowest BCUT2D eigenvalue weighted by Gasteiger charge is -2.35. The number of amides is 1. The van der Waals surface area contributed by atoms with Crippen LogP contribution in [0.1, 0.15) is 29.8 Å². The summed E-state index contributed by atoms with van der Waals surface area (Å²) in [6, 6.07) is 15.4. The van der Waals surface area contributed by atoms with Gasteiger partial charge in [-0.3, -0.25) is 15.0 Å². The van der Waals surface area contributed by atoms with E-state index < -0.39 is 0 Å². The van der Waals surface area contributed by atoms with Crippen molar-refractivity contribution in [3.05, 3.63) is 59.7 Å². The molecule has 1 amide bonds. The first kappa shape index (κ1) is 17.7. The van der Waals surface area contributed by atoms with Crippen LogP contribution in [-0.2, 0) is 11.3 Å². The van der Waals surface area contributed by atoms with Gasteiger partial charge in [0.1, 0.15) is 0 Å². The lowest BCUT2D eigenvalue weighted by Crippen LogP contribution is -2.44. The molecule has 27 heavy (non-hydrogen) atoms. The van der Waals surface area contributed by atoms with Gasteiger partial charge in [-0.2, -0.15) is 0 Å². The van der Waals surface area contributed by atoms with E-state index in [1.165, 1.54) is 5.56 Å². The summed E-state index contributed by atoms with van der Waals surface area (Å²) in [7, 11) is 0. The lowest BCUT2D eigenvalue weighted by molar-refractivity contribution is -0.0704. The quantitative estimate of drug-likeness (QED) is 0.744. The molecule has 2 atom stereocenters. The summed E-state index contributed by atoms with van der Waals surface area (Å²) in [4.78, 5) is 22.4. The molecule has 0 bridgehead atoms. The maximum absolute atomic E-state index is 12.5. The van der Waals surface area contributed by atoms with Gasteiger partial charge in [0.2, 0.25) is 5.95 Å². The van der Waals surface area contributed by atoms with Gasteiger partial charge in [-0.1, -0.05) is 24.3 Å². The van der Waals surface area contributed by atoms with E-state index in [-0.39, 0.29) is 18.1 Å². The molecule has 4 rings (SSSR count). The van der Waals surface area contributed by atoms with Gasteiger partial charge < -0.3 is 9.72 Å². The number of benzene rings is 2. The van der Waals surface area contributed by atoms with E-state index in [0.717, 1.165) is 30.7 Å². The maximum Gasteiger partial charge on any atom is 0.257 e. The van der Waals surface area contributed by atoms with Crippen LogP contribution in [0.5, 0.6) is 0 Å². The Balaban J connectivity index is 1.40. The van der Waals surface area contributed by atoms with Crippen LogP contribution in [0.15, 0.2) is 48.5 Å². The van der Waals surface area contributed by atoms with Crippen LogP contribution in [0.4, 0.5) is 5.95 Å². The van der Waals surface area contributed by atoms with E-state index in [0.29, 0.717) is 11.5 Å².